The number of amides is 3. The summed E-state index contributed by atoms with van der Waals surface area (Å²) >= 11 is 8.97. The van der Waals surface area contributed by atoms with Crippen molar-refractivity contribution in [2.75, 3.05) is 37.4 Å². The minimum Gasteiger partial charge on any atom is -0.453 e. The molecule has 4 rings (SSSR count). The maximum Gasteiger partial charge on any atom is 0.409 e. The van der Waals surface area contributed by atoms with E-state index in [1.54, 1.807) is 22.1 Å². The monoisotopic (exact) mass is 480 g/mol. The highest BCUT2D eigenvalue weighted by molar-refractivity contribution is 8.01. The fourth-order valence-electron chi connectivity index (χ4n) is 4.18. The Morgan fingerprint density at radius 3 is 2.90 bits per heavy atom. The number of fused-ring (bicyclic) bond motifs is 2. The van der Waals surface area contributed by atoms with Gasteiger partial charge in [-0.25, -0.2) is 9.78 Å². The molecule has 1 unspecified atom stereocenters. The summed E-state index contributed by atoms with van der Waals surface area (Å²) in [5.41, 5.74) is 6.62. The quantitative estimate of drug-likeness (QED) is 0.659. The third-order valence-electron chi connectivity index (χ3n) is 5.56. The van der Waals surface area contributed by atoms with E-state index in [9.17, 15) is 14.4 Å². The molecule has 11 heteroatoms. The Morgan fingerprint density at radius 1 is 1.35 bits per heavy atom. The number of nitrogens with zero attached hydrogens (tertiary/aromatic N) is 3. The second kappa shape index (κ2) is 8.68. The van der Waals surface area contributed by atoms with Crippen LogP contribution in [0.4, 0.5) is 10.5 Å². The van der Waals surface area contributed by atoms with Crippen LogP contribution in [0.3, 0.4) is 0 Å². The number of carbonyl (C=O) groups excluding carboxylic acids is 3. The second-order valence-corrected chi connectivity index (χ2v) is 10.4. The number of ether oxygens (including phenoxy) is 1. The molecule has 164 valence electrons. The van der Waals surface area contributed by atoms with Gasteiger partial charge in [0.15, 0.2) is 0 Å². The highest BCUT2D eigenvalue weighted by Gasteiger charge is 2.50. The number of benzene rings is 1. The predicted molar refractivity (Wildman–Crippen MR) is 120 cm³/mol. The van der Waals surface area contributed by atoms with Gasteiger partial charge in [-0.1, -0.05) is 11.6 Å². The molecule has 0 bridgehead atoms. The number of carbonyl (C=O) groups is 3. The van der Waals surface area contributed by atoms with Crippen LogP contribution in [0.5, 0.6) is 0 Å². The van der Waals surface area contributed by atoms with Crippen molar-refractivity contribution >= 4 is 58.3 Å². The number of hydrogen-bond donors (Lipinski definition) is 1. The lowest BCUT2D eigenvalue weighted by atomic mass is 9.81. The van der Waals surface area contributed by atoms with Gasteiger partial charge >= 0.3 is 6.09 Å². The van der Waals surface area contributed by atoms with Crippen LogP contribution in [0.25, 0.3) is 0 Å². The van der Waals surface area contributed by atoms with Gasteiger partial charge in [-0.3, -0.25) is 9.59 Å². The van der Waals surface area contributed by atoms with Gasteiger partial charge in [-0.05, 0) is 30.2 Å². The van der Waals surface area contributed by atoms with Crippen molar-refractivity contribution in [2.45, 2.75) is 22.5 Å². The third-order valence-corrected chi connectivity index (χ3v) is 8.01. The van der Waals surface area contributed by atoms with Gasteiger partial charge in [0.25, 0.3) is 0 Å². The van der Waals surface area contributed by atoms with Crippen LogP contribution in [0.1, 0.15) is 17.0 Å². The van der Waals surface area contributed by atoms with Gasteiger partial charge in [0.2, 0.25) is 11.8 Å². The summed E-state index contributed by atoms with van der Waals surface area (Å²) in [7, 11) is 1.37. The van der Waals surface area contributed by atoms with Gasteiger partial charge in [0.05, 0.1) is 29.7 Å². The molecule has 8 nitrogen and oxygen atoms in total. The normalized spacial score (nSPS) is 19.7. The number of primary amides is 1. The molecule has 2 N–H and O–H groups in total. The number of thioether (sulfide) groups is 1. The molecule has 1 spiro atoms. The van der Waals surface area contributed by atoms with Gasteiger partial charge < -0.3 is 20.3 Å². The molecular weight excluding hydrogens is 460 g/mol. The number of rotatable bonds is 5. The van der Waals surface area contributed by atoms with Crippen molar-refractivity contribution < 1.29 is 19.1 Å². The Kier molecular flexibility index (Phi) is 6.14. The first-order valence-electron chi connectivity index (χ1n) is 9.60. The maximum absolute atomic E-state index is 13.2. The van der Waals surface area contributed by atoms with Crippen LogP contribution in [0.15, 0.2) is 28.6 Å². The zero-order chi connectivity index (χ0) is 22.2. The van der Waals surface area contributed by atoms with Crippen LogP contribution in [0.2, 0.25) is 5.02 Å². The first-order chi connectivity index (χ1) is 14.8. The molecule has 1 aromatic heterocycles. The molecule has 1 fully saturated rings. The summed E-state index contributed by atoms with van der Waals surface area (Å²) < 4.78 is 5.73. The Labute approximate surface area is 192 Å². The average Bonchev–Trinajstić information content (AvgIpc) is 3.45. The van der Waals surface area contributed by atoms with Crippen LogP contribution in [-0.2, 0) is 26.2 Å². The summed E-state index contributed by atoms with van der Waals surface area (Å²) in [6.07, 6.45) is 2.17. The van der Waals surface area contributed by atoms with E-state index in [1.807, 2.05) is 12.1 Å². The molecule has 0 aliphatic carbocycles. The van der Waals surface area contributed by atoms with Gasteiger partial charge in [0, 0.05) is 35.8 Å². The van der Waals surface area contributed by atoms with Crippen LogP contribution >= 0.6 is 34.7 Å². The Balaban J connectivity index is 1.54. The number of thiazole rings is 1. The molecule has 3 heterocycles. The topological polar surface area (TPSA) is 106 Å². The fraction of sp³-hybridized carbons (Fsp3) is 0.400. The van der Waals surface area contributed by atoms with Gasteiger partial charge in [-0.2, -0.15) is 0 Å². The van der Waals surface area contributed by atoms with Gasteiger partial charge in [0.1, 0.15) is 5.01 Å². The highest BCUT2D eigenvalue weighted by Crippen LogP contribution is 2.47. The number of halogens is 1. The standard InChI is InChI=1S/C20H21ClN4O4S2/c1-29-19(28)24-5-4-20(10-24)11-25(14-3-2-12(21)6-13(14)20)17(27)7-16-23-8-18(31-16)30-9-15(22)26/h2-3,6,8H,4-5,7,9-11H2,1H3,(H2,22,26). The number of anilines is 1. The molecule has 3 amide bonds. The summed E-state index contributed by atoms with van der Waals surface area (Å²) in [6.45, 7) is 1.51. The summed E-state index contributed by atoms with van der Waals surface area (Å²) in [6, 6.07) is 5.53. The SMILES string of the molecule is COC(=O)N1CCC2(C1)CN(C(=O)Cc1ncc(SCC(N)=O)s1)c1ccc(Cl)cc12. The molecule has 2 aliphatic heterocycles. The van der Waals surface area contributed by atoms with Crippen molar-refractivity contribution in [3.05, 3.63) is 40.0 Å². The average molecular weight is 481 g/mol. The molecule has 31 heavy (non-hydrogen) atoms. The maximum atomic E-state index is 13.2. The summed E-state index contributed by atoms with van der Waals surface area (Å²) in [5.74, 6) is -0.293. The Bertz CT molecular complexity index is 1050. The largest absolute Gasteiger partial charge is 0.453 e. The number of hydrogen-bond acceptors (Lipinski definition) is 7. The smallest absolute Gasteiger partial charge is 0.409 e. The first-order valence-corrected chi connectivity index (χ1v) is 11.8. The molecule has 1 saturated heterocycles. The van der Waals surface area contributed by atoms with Crippen molar-refractivity contribution in [1.29, 1.82) is 0 Å². The van der Waals surface area contributed by atoms with E-state index in [0.717, 1.165) is 21.9 Å². The van der Waals surface area contributed by atoms with Crippen molar-refractivity contribution in [3.63, 3.8) is 0 Å². The lowest BCUT2D eigenvalue weighted by Gasteiger charge is -2.25. The van der Waals surface area contributed by atoms with E-state index >= 15 is 0 Å². The minimum absolute atomic E-state index is 0.0715. The Hall–Kier alpha value is -2.30. The summed E-state index contributed by atoms with van der Waals surface area (Å²) in [5, 5.41) is 1.27. The Morgan fingerprint density at radius 2 is 2.16 bits per heavy atom. The number of methoxy groups -OCH3 is 1. The molecule has 1 aromatic carbocycles. The van der Waals surface area contributed by atoms with E-state index in [-0.39, 0.29) is 29.6 Å². The molecule has 1 atom stereocenters. The minimum atomic E-state index is -0.397. The van der Waals surface area contributed by atoms with Crippen LogP contribution in [-0.4, -0.2) is 60.3 Å². The second-order valence-electron chi connectivity index (χ2n) is 7.57. The highest BCUT2D eigenvalue weighted by atomic mass is 35.5. The zero-order valence-corrected chi connectivity index (χ0v) is 19.2. The van der Waals surface area contributed by atoms with E-state index in [1.165, 1.54) is 30.2 Å². The third kappa shape index (κ3) is 4.37. The fourth-order valence-corrected chi connectivity index (χ4v) is 6.10. The molecule has 2 aliphatic rings. The summed E-state index contributed by atoms with van der Waals surface area (Å²) in [4.78, 5) is 44.0. The van der Waals surface area contributed by atoms with Crippen molar-refractivity contribution in [3.8, 4) is 0 Å². The lowest BCUT2D eigenvalue weighted by molar-refractivity contribution is -0.118. The van der Waals surface area contributed by atoms with Crippen LogP contribution < -0.4 is 10.6 Å². The zero-order valence-electron chi connectivity index (χ0n) is 16.8. The van der Waals surface area contributed by atoms with E-state index in [0.29, 0.717) is 29.7 Å². The van der Waals surface area contributed by atoms with Crippen molar-refractivity contribution in [1.82, 2.24) is 9.88 Å². The lowest BCUT2D eigenvalue weighted by Crippen LogP contribution is -2.40. The van der Waals surface area contributed by atoms with Gasteiger partial charge in [-0.15, -0.1) is 23.1 Å². The first kappa shape index (κ1) is 21.9. The number of nitrogens with two attached hydrogens (primary N) is 1. The molecular formula is C20H21ClN4O4S2. The molecule has 0 radical (unpaired) electrons. The van der Waals surface area contributed by atoms with Crippen molar-refractivity contribution in [2.24, 2.45) is 5.73 Å². The molecule has 0 saturated carbocycles. The number of aromatic nitrogens is 1. The van der Waals surface area contributed by atoms with Crippen LogP contribution in [0, 0.1) is 0 Å². The molecule has 2 aromatic rings. The van der Waals surface area contributed by atoms with E-state index in [4.69, 9.17) is 22.1 Å². The number of likely N-dealkylation sites (tertiary alicyclic amines) is 1. The predicted octanol–water partition coefficient (Wildman–Crippen LogP) is 2.67. The van der Waals surface area contributed by atoms with E-state index < -0.39 is 5.91 Å². The van der Waals surface area contributed by atoms with E-state index in [2.05, 4.69) is 4.98 Å².